The molecule has 0 spiro atoms. The van der Waals surface area contributed by atoms with Crippen LogP contribution in [-0.4, -0.2) is 25.2 Å². The molecular weight excluding hydrogens is 233 g/mol. The zero-order valence-electron chi connectivity index (χ0n) is 8.63. The van der Waals surface area contributed by atoms with Crippen molar-refractivity contribution in [2.45, 2.75) is 6.42 Å². The van der Waals surface area contributed by atoms with E-state index in [1.807, 2.05) is 19.2 Å². The van der Waals surface area contributed by atoms with Gasteiger partial charge in [-0.3, -0.25) is 10.7 Å². The van der Waals surface area contributed by atoms with E-state index in [1.54, 1.807) is 6.07 Å². The summed E-state index contributed by atoms with van der Waals surface area (Å²) in [4.78, 5) is 2.07. The van der Waals surface area contributed by atoms with Gasteiger partial charge in [-0.1, -0.05) is 29.3 Å². The second kappa shape index (κ2) is 6.30. The Morgan fingerprint density at radius 3 is 2.73 bits per heavy atom. The maximum Gasteiger partial charge on any atom is 0.0610 e. The van der Waals surface area contributed by atoms with Gasteiger partial charge in [0.1, 0.15) is 0 Å². The van der Waals surface area contributed by atoms with Crippen LogP contribution in [0.15, 0.2) is 18.2 Å². The van der Waals surface area contributed by atoms with Crippen LogP contribution in [0.25, 0.3) is 0 Å². The van der Waals surface area contributed by atoms with E-state index in [1.165, 1.54) is 0 Å². The quantitative estimate of drug-likeness (QED) is 0.475. The van der Waals surface area contributed by atoms with E-state index >= 15 is 0 Å². The van der Waals surface area contributed by atoms with Crippen LogP contribution in [0.3, 0.4) is 0 Å². The van der Waals surface area contributed by atoms with Gasteiger partial charge in [0.25, 0.3) is 0 Å². The molecule has 0 fully saturated rings. The van der Waals surface area contributed by atoms with Gasteiger partial charge in [0, 0.05) is 16.6 Å². The van der Waals surface area contributed by atoms with Gasteiger partial charge in [-0.25, -0.2) is 5.43 Å². The highest BCUT2D eigenvalue weighted by atomic mass is 35.5. The van der Waals surface area contributed by atoms with Crippen molar-refractivity contribution in [2.24, 2.45) is 5.84 Å². The predicted octanol–water partition coefficient (Wildman–Crippen LogP) is 1.89. The van der Waals surface area contributed by atoms with Crippen molar-refractivity contribution in [3.8, 4) is 0 Å². The average Bonchev–Trinajstić information content (AvgIpc) is 2.17. The van der Waals surface area contributed by atoms with Gasteiger partial charge >= 0.3 is 0 Å². The first kappa shape index (κ1) is 12.7. The number of benzene rings is 1. The largest absolute Gasteiger partial charge is 0.292 e. The average molecular weight is 248 g/mol. The number of likely N-dealkylation sites (N-methyl/N-ethyl adjacent to an activating group) is 1. The van der Waals surface area contributed by atoms with Gasteiger partial charge in [-0.2, -0.15) is 0 Å². The minimum Gasteiger partial charge on any atom is -0.292 e. The number of hydrogen-bond donors (Lipinski definition) is 2. The Labute approximate surface area is 100 Å². The lowest BCUT2D eigenvalue weighted by molar-refractivity contribution is 0.313. The summed E-state index contributed by atoms with van der Waals surface area (Å²) < 4.78 is 0. The van der Waals surface area contributed by atoms with Gasteiger partial charge in [-0.15, -0.1) is 0 Å². The molecule has 0 atom stereocenters. The van der Waals surface area contributed by atoms with Crippen molar-refractivity contribution in [1.82, 2.24) is 10.3 Å². The summed E-state index contributed by atoms with van der Waals surface area (Å²) in [5.41, 5.74) is 3.70. The Hall–Kier alpha value is -0.320. The lowest BCUT2D eigenvalue weighted by Crippen LogP contribution is -2.36. The van der Waals surface area contributed by atoms with Gasteiger partial charge in [0.2, 0.25) is 0 Å². The Bertz CT molecular complexity index is 318. The SMILES string of the molecule is CN(CCc1ccc(Cl)cc1Cl)CNN. The normalized spacial score (nSPS) is 11.0. The molecule has 0 saturated heterocycles. The molecule has 1 rings (SSSR count). The topological polar surface area (TPSA) is 41.3 Å². The fraction of sp³-hybridized carbons (Fsp3) is 0.400. The van der Waals surface area contributed by atoms with Crippen molar-refractivity contribution in [3.05, 3.63) is 33.8 Å². The van der Waals surface area contributed by atoms with Crippen LogP contribution in [0, 0.1) is 0 Å². The number of halogens is 2. The Morgan fingerprint density at radius 2 is 2.13 bits per heavy atom. The molecule has 0 amide bonds. The molecule has 0 aliphatic carbocycles. The molecule has 0 aliphatic rings. The first-order valence-corrected chi connectivity index (χ1v) is 5.45. The van der Waals surface area contributed by atoms with Crippen LogP contribution in [0.1, 0.15) is 5.56 Å². The van der Waals surface area contributed by atoms with E-state index in [4.69, 9.17) is 29.0 Å². The van der Waals surface area contributed by atoms with Gasteiger partial charge < -0.3 is 0 Å². The molecule has 0 aromatic heterocycles. The molecular formula is C10H15Cl2N3. The molecule has 0 aliphatic heterocycles. The summed E-state index contributed by atoms with van der Waals surface area (Å²) in [6, 6.07) is 5.57. The monoisotopic (exact) mass is 247 g/mol. The van der Waals surface area contributed by atoms with E-state index in [2.05, 4.69) is 10.3 Å². The maximum atomic E-state index is 6.05. The molecule has 3 nitrogen and oxygen atoms in total. The lowest BCUT2D eigenvalue weighted by Gasteiger charge is -2.15. The fourth-order valence-corrected chi connectivity index (χ4v) is 1.77. The van der Waals surface area contributed by atoms with Crippen LogP contribution >= 0.6 is 23.2 Å². The lowest BCUT2D eigenvalue weighted by atomic mass is 10.1. The summed E-state index contributed by atoms with van der Waals surface area (Å²) in [7, 11) is 1.99. The van der Waals surface area contributed by atoms with Crippen LogP contribution in [0.2, 0.25) is 10.0 Å². The highest BCUT2D eigenvalue weighted by molar-refractivity contribution is 6.35. The van der Waals surface area contributed by atoms with E-state index in [0.717, 1.165) is 23.6 Å². The highest BCUT2D eigenvalue weighted by Gasteiger charge is 2.03. The zero-order valence-corrected chi connectivity index (χ0v) is 10.1. The molecule has 0 heterocycles. The minimum absolute atomic E-state index is 0.658. The highest BCUT2D eigenvalue weighted by Crippen LogP contribution is 2.21. The van der Waals surface area contributed by atoms with Crippen molar-refractivity contribution < 1.29 is 0 Å². The fourth-order valence-electron chi connectivity index (χ4n) is 1.27. The first-order valence-electron chi connectivity index (χ1n) is 4.69. The summed E-state index contributed by atoms with van der Waals surface area (Å²) in [6.45, 7) is 1.55. The number of nitrogens with two attached hydrogens (primary N) is 1. The second-order valence-electron chi connectivity index (χ2n) is 3.43. The molecule has 15 heavy (non-hydrogen) atoms. The Kier molecular flexibility index (Phi) is 5.36. The predicted molar refractivity (Wildman–Crippen MR) is 65.0 cm³/mol. The molecule has 84 valence electrons. The molecule has 0 bridgehead atoms. The third kappa shape index (κ3) is 4.36. The number of hydrazine groups is 1. The number of rotatable bonds is 5. The smallest absolute Gasteiger partial charge is 0.0610 e. The standard InChI is InChI=1S/C10H15Cl2N3/c1-15(7-14-13)5-4-8-2-3-9(11)6-10(8)12/h2-3,6,14H,4-5,7,13H2,1H3. The molecule has 3 N–H and O–H groups in total. The number of nitrogens with zero attached hydrogens (tertiary/aromatic N) is 1. The molecule has 1 aromatic carbocycles. The van der Waals surface area contributed by atoms with Gasteiger partial charge in [-0.05, 0) is 31.2 Å². The van der Waals surface area contributed by atoms with E-state index in [0.29, 0.717) is 11.7 Å². The molecule has 0 saturated carbocycles. The third-order valence-electron chi connectivity index (χ3n) is 2.14. The Balaban J connectivity index is 2.50. The number of hydrogen-bond acceptors (Lipinski definition) is 3. The summed E-state index contributed by atoms with van der Waals surface area (Å²) >= 11 is 11.9. The Morgan fingerprint density at radius 1 is 1.40 bits per heavy atom. The number of nitrogens with one attached hydrogen (secondary N) is 1. The van der Waals surface area contributed by atoms with Gasteiger partial charge in [0.05, 0.1) is 6.67 Å². The second-order valence-corrected chi connectivity index (χ2v) is 4.27. The molecule has 1 aromatic rings. The molecule has 0 unspecified atom stereocenters. The van der Waals surface area contributed by atoms with E-state index in [9.17, 15) is 0 Å². The summed E-state index contributed by atoms with van der Waals surface area (Å²) in [6.07, 6.45) is 0.883. The van der Waals surface area contributed by atoms with Crippen LogP contribution < -0.4 is 11.3 Å². The van der Waals surface area contributed by atoms with Crippen LogP contribution in [0.5, 0.6) is 0 Å². The van der Waals surface area contributed by atoms with Crippen molar-refractivity contribution in [2.75, 3.05) is 20.3 Å². The van der Waals surface area contributed by atoms with E-state index in [-0.39, 0.29) is 0 Å². The van der Waals surface area contributed by atoms with Crippen molar-refractivity contribution >= 4 is 23.2 Å². The van der Waals surface area contributed by atoms with Crippen molar-refractivity contribution in [3.63, 3.8) is 0 Å². The van der Waals surface area contributed by atoms with Gasteiger partial charge in [0.15, 0.2) is 0 Å². The summed E-state index contributed by atoms with van der Waals surface area (Å²) in [5.74, 6) is 5.21. The first-order chi connectivity index (χ1) is 7.13. The third-order valence-corrected chi connectivity index (χ3v) is 2.73. The maximum absolute atomic E-state index is 6.05. The summed E-state index contributed by atoms with van der Waals surface area (Å²) in [5, 5.41) is 1.39. The van der Waals surface area contributed by atoms with Crippen molar-refractivity contribution in [1.29, 1.82) is 0 Å². The zero-order chi connectivity index (χ0) is 11.3. The van der Waals surface area contributed by atoms with Crippen LogP contribution in [-0.2, 0) is 6.42 Å². The van der Waals surface area contributed by atoms with E-state index < -0.39 is 0 Å². The molecule has 0 radical (unpaired) electrons. The minimum atomic E-state index is 0.658. The van der Waals surface area contributed by atoms with Crippen LogP contribution in [0.4, 0.5) is 0 Å². The molecule has 5 heteroatoms.